The zero-order valence-electron chi connectivity index (χ0n) is 16.3. The molecule has 2 aromatic carbocycles. The summed E-state index contributed by atoms with van der Waals surface area (Å²) in [5.74, 6) is 0.489. The van der Waals surface area contributed by atoms with Crippen molar-refractivity contribution in [3.63, 3.8) is 0 Å². The van der Waals surface area contributed by atoms with Crippen LogP contribution in [-0.4, -0.2) is 63.5 Å². The Balaban J connectivity index is 1.37. The van der Waals surface area contributed by atoms with Gasteiger partial charge in [0.05, 0.1) is 24.2 Å². The molecule has 7 nitrogen and oxygen atoms in total. The molecule has 0 bridgehead atoms. The van der Waals surface area contributed by atoms with E-state index in [4.69, 9.17) is 4.74 Å². The highest BCUT2D eigenvalue weighted by Gasteiger charge is 2.28. The van der Waals surface area contributed by atoms with Crippen LogP contribution in [0.2, 0.25) is 0 Å². The van der Waals surface area contributed by atoms with E-state index in [1.54, 1.807) is 0 Å². The number of benzene rings is 2. The van der Waals surface area contributed by atoms with Gasteiger partial charge in [0.2, 0.25) is 10.0 Å². The number of carbonyl (C=O) groups excluding carboxylic acids is 1. The van der Waals surface area contributed by atoms with Gasteiger partial charge in [0.15, 0.2) is 0 Å². The summed E-state index contributed by atoms with van der Waals surface area (Å²) in [4.78, 5) is 14.0. The minimum absolute atomic E-state index is 0.192. The van der Waals surface area contributed by atoms with Gasteiger partial charge in [0.25, 0.3) is 0 Å². The van der Waals surface area contributed by atoms with Crippen LogP contribution < -0.4 is 4.74 Å². The summed E-state index contributed by atoms with van der Waals surface area (Å²) in [5, 5.41) is 0. The van der Waals surface area contributed by atoms with Crippen LogP contribution in [0, 0.1) is 0 Å². The molecule has 154 valence electrons. The molecule has 2 heterocycles. The fourth-order valence-electron chi connectivity index (χ4n) is 3.75. The second kappa shape index (κ2) is 8.14. The second-order valence-corrected chi connectivity index (χ2v) is 9.17. The lowest BCUT2D eigenvalue weighted by Gasteiger charge is -2.34. The Labute approximate surface area is 170 Å². The van der Waals surface area contributed by atoms with Gasteiger partial charge < -0.3 is 9.47 Å². The number of hydrogen-bond donors (Lipinski definition) is 0. The summed E-state index contributed by atoms with van der Waals surface area (Å²) in [6.07, 6.45) is 0.948. The number of esters is 1. The van der Waals surface area contributed by atoms with E-state index in [-0.39, 0.29) is 4.90 Å². The van der Waals surface area contributed by atoms with Crippen LogP contribution in [0.5, 0.6) is 5.75 Å². The molecule has 0 N–H and O–H groups in total. The summed E-state index contributed by atoms with van der Waals surface area (Å²) in [7, 11) is -2.28. The van der Waals surface area contributed by atoms with Crippen molar-refractivity contribution in [3.8, 4) is 5.75 Å². The van der Waals surface area contributed by atoms with Crippen LogP contribution >= 0.6 is 0 Å². The molecule has 0 unspecified atom stereocenters. The van der Waals surface area contributed by atoms with Crippen molar-refractivity contribution < 1.29 is 22.7 Å². The maximum atomic E-state index is 12.9. The Bertz CT molecular complexity index is 996. The molecule has 2 aliphatic heterocycles. The molecule has 29 heavy (non-hydrogen) atoms. The van der Waals surface area contributed by atoms with E-state index in [2.05, 4.69) is 21.8 Å². The van der Waals surface area contributed by atoms with Gasteiger partial charge in [-0.1, -0.05) is 12.1 Å². The fraction of sp³-hybridized carbons (Fsp3) is 0.381. The van der Waals surface area contributed by atoms with E-state index >= 15 is 0 Å². The van der Waals surface area contributed by atoms with Crippen LogP contribution in [0.25, 0.3) is 0 Å². The molecule has 0 atom stereocenters. The van der Waals surface area contributed by atoms with Crippen molar-refractivity contribution in [2.24, 2.45) is 0 Å². The highest BCUT2D eigenvalue weighted by atomic mass is 32.2. The molecule has 0 amide bonds. The minimum atomic E-state index is -3.58. The average molecular weight is 416 g/mol. The molecule has 4 rings (SSSR count). The maximum absolute atomic E-state index is 12.9. The van der Waals surface area contributed by atoms with Gasteiger partial charge in [-0.15, -0.1) is 0 Å². The van der Waals surface area contributed by atoms with Gasteiger partial charge in [-0.3, -0.25) is 4.90 Å². The molecule has 2 aromatic rings. The van der Waals surface area contributed by atoms with E-state index < -0.39 is 16.0 Å². The molecule has 0 aliphatic carbocycles. The molecule has 0 spiro atoms. The summed E-state index contributed by atoms with van der Waals surface area (Å²) >= 11 is 0. The van der Waals surface area contributed by atoms with Gasteiger partial charge in [-0.05, 0) is 41.5 Å². The third kappa shape index (κ3) is 4.14. The van der Waals surface area contributed by atoms with E-state index in [1.807, 2.05) is 6.07 Å². The predicted molar refractivity (Wildman–Crippen MR) is 107 cm³/mol. The van der Waals surface area contributed by atoms with Crippen molar-refractivity contribution in [2.75, 3.05) is 39.9 Å². The summed E-state index contributed by atoms with van der Waals surface area (Å²) in [5.41, 5.74) is 2.80. The molecule has 8 heteroatoms. The molecule has 1 fully saturated rings. The average Bonchev–Trinajstić information content (AvgIpc) is 3.21. The second-order valence-electron chi connectivity index (χ2n) is 7.24. The first kappa shape index (κ1) is 19.9. The van der Waals surface area contributed by atoms with Gasteiger partial charge in [-0.25, -0.2) is 13.2 Å². The third-order valence-corrected chi connectivity index (χ3v) is 7.32. The third-order valence-electron chi connectivity index (χ3n) is 5.40. The minimum Gasteiger partial charge on any atom is -0.493 e. The SMILES string of the molecule is COC(=O)c1ccc(S(=O)(=O)N2CCN(Cc3ccc4c(c3)CCO4)CC2)cc1. The number of methoxy groups -OCH3 is 1. The van der Waals surface area contributed by atoms with Crippen molar-refractivity contribution in [2.45, 2.75) is 17.9 Å². The molecular formula is C21H24N2O5S. The number of piperazine rings is 1. The number of rotatable bonds is 5. The Kier molecular flexibility index (Phi) is 5.58. The molecular weight excluding hydrogens is 392 g/mol. The lowest BCUT2D eigenvalue weighted by atomic mass is 10.1. The Morgan fingerprint density at radius 1 is 1.07 bits per heavy atom. The lowest BCUT2D eigenvalue weighted by molar-refractivity contribution is 0.0600. The van der Waals surface area contributed by atoms with Gasteiger partial charge >= 0.3 is 5.97 Å². The quantitative estimate of drug-likeness (QED) is 0.693. The standard InChI is InChI=1S/C21H24N2O5S/c1-27-21(24)17-3-5-19(6-4-17)29(25,26)23-11-9-22(10-12-23)15-16-2-7-20-18(14-16)8-13-28-20/h2-7,14H,8-13,15H2,1H3. The van der Waals surface area contributed by atoms with Gasteiger partial charge in [-0.2, -0.15) is 4.31 Å². The lowest BCUT2D eigenvalue weighted by Crippen LogP contribution is -2.48. The largest absolute Gasteiger partial charge is 0.493 e. The van der Waals surface area contributed by atoms with Crippen LogP contribution in [-0.2, 0) is 27.7 Å². The topological polar surface area (TPSA) is 76.2 Å². The zero-order valence-corrected chi connectivity index (χ0v) is 17.2. The number of carbonyl (C=O) groups is 1. The Morgan fingerprint density at radius 3 is 2.48 bits per heavy atom. The van der Waals surface area contributed by atoms with Crippen LogP contribution in [0.1, 0.15) is 21.5 Å². The predicted octanol–water partition coefficient (Wildman–Crippen LogP) is 1.91. The molecule has 0 aromatic heterocycles. The first-order chi connectivity index (χ1) is 14.0. The highest BCUT2D eigenvalue weighted by Crippen LogP contribution is 2.27. The highest BCUT2D eigenvalue weighted by molar-refractivity contribution is 7.89. The van der Waals surface area contributed by atoms with E-state index in [1.165, 1.54) is 46.8 Å². The normalized spacial score (nSPS) is 17.6. The van der Waals surface area contributed by atoms with Gasteiger partial charge in [0.1, 0.15) is 5.75 Å². The molecule has 0 radical (unpaired) electrons. The van der Waals surface area contributed by atoms with E-state index in [0.717, 1.165) is 25.3 Å². The van der Waals surface area contributed by atoms with Crippen LogP contribution in [0.3, 0.4) is 0 Å². The van der Waals surface area contributed by atoms with E-state index in [9.17, 15) is 13.2 Å². The van der Waals surface area contributed by atoms with Crippen molar-refractivity contribution >= 4 is 16.0 Å². The summed E-state index contributed by atoms with van der Waals surface area (Å²) in [6, 6.07) is 12.2. The molecule has 2 aliphatic rings. The molecule has 0 saturated carbocycles. The number of hydrogen-bond acceptors (Lipinski definition) is 6. The van der Waals surface area contributed by atoms with Crippen molar-refractivity contribution in [1.29, 1.82) is 0 Å². The monoisotopic (exact) mass is 416 g/mol. The number of fused-ring (bicyclic) bond motifs is 1. The maximum Gasteiger partial charge on any atom is 0.337 e. The van der Waals surface area contributed by atoms with E-state index in [0.29, 0.717) is 31.7 Å². The number of ether oxygens (including phenoxy) is 2. The number of nitrogens with zero attached hydrogens (tertiary/aromatic N) is 2. The number of sulfonamides is 1. The zero-order chi connectivity index (χ0) is 20.4. The van der Waals surface area contributed by atoms with Gasteiger partial charge in [0, 0.05) is 39.1 Å². The van der Waals surface area contributed by atoms with Crippen LogP contribution in [0.15, 0.2) is 47.4 Å². The first-order valence-electron chi connectivity index (χ1n) is 9.63. The fourth-order valence-corrected chi connectivity index (χ4v) is 5.18. The van der Waals surface area contributed by atoms with Crippen molar-refractivity contribution in [3.05, 3.63) is 59.2 Å². The first-order valence-corrected chi connectivity index (χ1v) is 11.1. The summed E-state index contributed by atoms with van der Waals surface area (Å²) in [6.45, 7) is 3.77. The van der Waals surface area contributed by atoms with Crippen LogP contribution in [0.4, 0.5) is 0 Å². The summed E-state index contributed by atoms with van der Waals surface area (Å²) < 4.78 is 37.5. The Morgan fingerprint density at radius 2 is 1.79 bits per heavy atom. The smallest absolute Gasteiger partial charge is 0.337 e. The van der Waals surface area contributed by atoms with Crippen molar-refractivity contribution in [1.82, 2.24) is 9.21 Å². The Hall–Kier alpha value is -2.42. The molecule has 1 saturated heterocycles.